The van der Waals surface area contributed by atoms with E-state index in [9.17, 15) is 9.18 Å². The Labute approximate surface area is 118 Å². The van der Waals surface area contributed by atoms with E-state index in [0.29, 0.717) is 18.5 Å². The maximum absolute atomic E-state index is 12.7. The smallest absolute Gasteiger partial charge is 0.164 e. The first kappa shape index (κ1) is 14.4. The molecule has 0 saturated carbocycles. The van der Waals surface area contributed by atoms with E-state index in [0.717, 1.165) is 13.0 Å². The summed E-state index contributed by atoms with van der Waals surface area (Å²) in [5.74, 6) is -0.278. The highest BCUT2D eigenvalue weighted by Crippen LogP contribution is 2.05. The van der Waals surface area contributed by atoms with Crippen LogP contribution < -0.4 is 5.32 Å². The van der Waals surface area contributed by atoms with Crippen LogP contribution >= 0.6 is 0 Å². The van der Waals surface area contributed by atoms with E-state index in [2.05, 4.69) is 17.4 Å². The van der Waals surface area contributed by atoms with E-state index in [1.54, 1.807) is 0 Å². The minimum Gasteiger partial charge on any atom is -0.316 e. The molecule has 0 aliphatic carbocycles. The fourth-order valence-corrected chi connectivity index (χ4v) is 1.98. The van der Waals surface area contributed by atoms with Gasteiger partial charge < -0.3 is 5.32 Å². The van der Waals surface area contributed by atoms with Gasteiger partial charge in [-0.2, -0.15) is 0 Å². The molecule has 0 atom stereocenters. The zero-order valence-corrected chi connectivity index (χ0v) is 11.3. The number of Topliss-reactive ketones (excluding diaryl/α,β-unsaturated/α-hetero) is 1. The van der Waals surface area contributed by atoms with Gasteiger partial charge in [0.05, 0.1) is 0 Å². The molecule has 0 unspecified atom stereocenters. The quantitative estimate of drug-likeness (QED) is 0.619. The summed E-state index contributed by atoms with van der Waals surface area (Å²) in [6, 6.07) is 15.9. The lowest BCUT2D eigenvalue weighted by atomic mass is 10.1. The summed E-state index contributed by atoms with van der Waals surface area (Å²) in [5.41, 5.74) is 1.85. The SMILES string of the molecule is O=C(CCNCCc1ccccc1)c1ccc(F)cc1. The van der Waals surface area contributed by atoms with Gasteiger partial charge >= 0.3 is 0 Å². The summed E-state index contributed by atoms with van der Waals surface area (Å²) in [5, 5.41) is 3.25. The van der Waals surface area contributed by atoms with Crippen molar-refractivity contribution in [1.82, 2.24) is 5.32 Å². The average molecular weight is 271 g/mol. The summed E-state index contributed by atoms with van der Waals surface area (Å²) in [4.78, 5) is 11.8. The molecule has 3 heteroatoms. The largest absolute Gasteiger partial charge is 0.316 e. The van der Waals surface area contributed by atoms with Crippen molar-refractivity contribution in [3.05, 3.63) is 71.5 Å². The van der Waals surface area contributed by atoms with Gasteiger partial charge in [0.15, 0.2) is 5.78 Å². The predicted octanol–water partition coefficient (Wildman–Crippen LogP) is 3.23. The molecule has 0 heterocycles. The number of rotatable bonds is 7. The Morgan fingerprint density at radius 2 is 1.65 bits per heavy atom. The Hall–Kier alpha value is -2.00. The van der Waals surface area contributed by atoms with Gasteiger partial charge in [0.1, 0.15) is 5.82 Å². The Morgan fingerprint density at radius 1 is 0.950 bits per heavy atom. The third-order valence-electron chi connectivity index (χ3n) is 3.13. The molecule has 0 spiro atoms. The maximum Gasteiger partial charge on any atom is 0.164 e. The predicted molar refractivity (Wildman–Crippen MR) is 78.4 cm³/mol. The van der Waals surface area contributed by atoms with Crippen molar-refractivity contribution in [1.29, 1.82) is 0 Å². The van der Waals surface area contributed by atoms with Crippen LogP contribution in [0.15, 0.2) is 54.6 Å². The summed E-state index contributed by atoms with van der Waals surface area (Å²) < 4.78 is 12.7. The average Bonchev–Trinajstić information content (AvgIpc) is 2.48. The molecule has 0 fully saturated rings. The van der Waals surface area contributed by atoms with Crippen LogP contribution in [0.2, 0.25) is 0 Å². The molecule has 20 heavy (non-hydrogen) atoms. The summed E-state index contributed by atoms with van der Waals surface area (Å²) in [6.07, 6.45) is 1.38. The van der Waals surface area contributed by atoms with E-state index in [1.165, 1.54) is 29.8 Å². The third kappa shape index (κ3) is 4.59. The first-order valence-corrected chi connectivity index (χ1v) is 6.79. The van der Waals surface area contributed by atoms with E-state index in [1.807, 2.05) is 18.2 Å². The highest BCUT2D eigenvalue weighted by atomic mass is 19.1. The second-order valence-corrected chi connectivity index (χ2v) is 4.67. The highest BCUT2D eigenvalue weighted by molar-refractivity contribution is 5.96. The van der Waals surface area contributed by atoms with Crippen LogP contribution in [-0.4, -0.2) is 18.9 Å². The first-order chi connectivity index (χ1) is 9.75. The molecule has 0 aliphatic rings. The van der Waals surface area contributed by atoms with Crippen LogP contribution in [-0.2, 0) is 6.42 Å². The molecule has 2 nitrogen and oxygen atoms in total. The van der Waals surface area contributed by atoms with Crippen molar-refractivity contribution in [3.63, 3.8) is 0 Å². The zero-order valence-electron chi connectivity index (χ0n) is 11.3. The van der Waals surface area contributed by atoms with Crippen LogP contribution in [0.4, 0.5) is 4.39 Å². The standard InChI is InChI=1S/C17H18FNO/c18-16-8-6-15(7-9-16)17(20)11-13-19-12-10-14-4-2-1-3-5-14/h1-9,19H,10-13H2. The molecule has 2 rings (SSSR count). The fourth-order valence-electron chi connectivity index (χ4n) is 1.98. The van der Waals surface area contributed by atoms with Gasteiger partial charge in [-0.25, -0.2) is 4.39 Å². The van der Waals surface area contributed by atoms with E-state index < -0.39 is 0 Å². The van der Waals surface area contributed by atoms with Crippen LogP contribution in [0.25, 0.3) is 0 Å². The van der Waals surface area contributed by atoms with E-state index in [4.69, 9.17) is 0 Å². The van der Waals surface area contributed by atoms with Crippen molar-refractivity contribution in [3.8, 4) is 0 Å². The molecule has 0 aromatic heterocycles. The highest BCUT2D eigenvalue weighted by Gasteiger charge is 2.05. The van der Waals surface area contributed by atoms with E-state index in [-0.39, 0.29) is 11.6 Å². The molecule has 0 aliphatic heterocycles. The molecule has 104 valence electrons. The van der Waals surface area contributed by atoms with Crippen molar-refractivity contribution in [2.45, 2.75) is 12.8 Å². The number of hydrogen-bond donors (Lipinski definition) is 1. The number of benzene rings is 2. The van der Waals surface area contributed by atoms with Gasteiger partial charge in [-0.1, -0.05) is 30.3 Å². The lowest BCUT2D eigenvalue weighted by Gasteiger charge is -2.05. The maximum atomic E-state index is 12.7. The van der Waals surface area contributed by atoms with Gasteiger partial charge in [0, 0.05) is 18.5 Å². The van der Waals surface area contributed by atoms with Gasteiger partial charge in [-0.05, 0) is 42.8 Å². The Kier molecular flexibility index (Phi) is 5.44. The summed E-state index contributed by atoms with van der Waals surface area (Å²) in [6.45, 7) is 1.49. The van der Waals surface area contributed by atoms with Crippen molar-refractivity contribution in [2.75, 3.05) is 13.1 Å². The molecule has 0 radical (unpaired) electrons. The molecule has 0 amide bonds. The minimum absolute atomic E-state index is 0.0391. The third-order valence-corrected chi connectivity index (χ3v) is 3.13. The van der Waals surface area contributed by atoms with Crippen LogP contribution in [0.3, 0.4) is 0 Å². The zero-order chi connectivity index (χ0) is 14.2. The van der Waals surface area contributed by atoms with E-state index >= 15 is 0 Å². The lowest BCUT2D eigenvalue weighted by Crippen LogP contribution is -2.21. The molecule has 0 saturated heterocycles. The normalized spacial score (nSPS) is 10.4. The van der Waals surface area contributed by atoms with Crippen LogP contribution in [0, 0.1) is 5.82 Å². The lowest BCUT2D eigenvalue weighted by molar-refractivity contribution is 0.0982. The molecular formula is C17H18FNO. The number of halogens is 1. The number of hydrogen-bond acceptors (Lipinski definition) is 2. The van der Waals surface area contributed by atoms with Crippen LogP contribution in [0.1, 0.15) is 22.3 Å². The van der Waals surface area contributed by atoms with Gasteiger partial charge in [-0.3, -0.25) is 4.79 Å². The van der Waals surface area contributed by atoms with Crippen LogP contribution in [0.5, 0.6) is 0 Å². The van der Waals surface area contributed by atoms with Gasteiger partial charge in [0.25, 0.3) is 0 Å². The fraction of sp³-hybridized carbons (Fsp3) is 0.235. The summed E-state index contributed by atoms with van der Waals surface area (Å²) in [7, 11) is 0. The Balaban J connectivity index is 1.66. The monoisotopic (exact) mass is 271 g/mol. The summed E-state index contributed by atoms with van der Waals surface area (Å²) >= 11 is 0. The molecular weight excluding hydrogens is 253 g/mol. The van der Waals surface area contributed by atoms with Crippen molar-refractivity contribution in [2.24, 2.45) is 0 Å². The topological polar surface area (TPSA) is 29.1 Å². The van der Waals surface area contributed by atoms with Crippen molar-refractivity contribution < 1.29 is 9.18 Å². The molecule has 1 N–H and O–H groups in total. The number of nitrogens with one attached hydrogen (secondary N) is 1. The number of carbonyl (C=O) groups excluding carboxylic acids is 1. The molecule has 2 aromatic carbocycles. The number of ketones is 1. The van der Waals surface area contributed by atoms with Crippen molar-refractivity contribution >= 4 is 5.78 Å². The number of carbonyl (C=O) groups is 1. The second kappa shape index (κ2) is 7.56. The van der Waals surface area contributed by atoms with Gasteiger partial charge in [0.2, 0.25) is 0 Å². The minimum atomic E-state index is -0.317. The molecule has 2 aromatic rings. The Bertz CT molecular complexity index is 537. The van der Waals surface area contributed by atoms with Gasteiger partial charge in [-0.15, -0.1) is 0 Å². The second-order valence-electron chi connectivity index (χ2n) is 4.67. The molecule has 0 bridgehead atoms. The first-order valence-electron chi connectivity index (χ1n) is 6.79. The Morgan fingerprint density at radius 3 is 2.35 bits per heavy atom.